The van der Waals surface area contributed by atoms with Gasteiger partial charge in [0, 0.05) is 30.6 Å². The number of H-pyrrole nitrogens is 1. The number of hydrogen-bond acceptors (Lipinski definition) is 3. The average Bonchev–Trinajstić information content (AvgIpc) is 2.73. The lowest BCUT2D eigenvalue weighted by atomic mass is 10.1. The van der Waals surface area contributed by atoms with Crippen molar-refractivity contribution >= 4 is 17.5 Å². The van der Waals surface area contributed by atoms with Crippen LogP contribution in [0, 0.1) is 0 Å². The summed E-state index contributed by atoms with van der Waals surface area (Å²) >= 11 is 0. The average molecular weight is 375 g/mol. The van der Waals surface area contributed by atoms with Gasteiger partial charge in [0.25, 0.3) is 11.8 Å². The Morgan fingerprint density at radius 1 is 0.964 bits per heavy atom. The Morgan fingerprint density at radius 2 is 1.71 bits per heavy atom. The molecule has 0 saturated heterocycles. The number of rotatable bonds is 5. The molecule has 6 nitrogen and oxygen atoms in total. The molecule has 1 aromatic heterocycles. The van der Waals surface area contributed by atoms with Crippen LogP contribution < -0.4 is 10.9 Å². The SMILES string of the molecule is CC(c1cccc(NC(=O)c2ccccc2)c1)N(C)C(=O)c1ccc(=O)[nH]c1. The molecular weight excluding hydrogens is 354 g/mol. The molecule has 2 amide bonds. The zero-order chi connectivity index (χ0) is 20.1. The van der Waals surface area contributed by atoms with Gasteiger partial charge in [0.15, 0.2) is 0 Å². The van der Waals surface area contributed by atoms with Gasteiger partial charge in [-0.15, -0.1) is 0 Å². The maximum Gasteiger partial charge on any atom is 0.255 e. The van der Waals surface area contributed by atoms with Crippen LogP contribution in [0.15, 0.2) is 77.7 Å². The summed E-state index contributed by atoms with van der Waals surface area (Å²) in [6, 6.07) is 19.0. The van der Waals surface area contributed by atoms with Crippen LogP contribution in [0.2, 0.25) is 0 Å². The van der Waals surface area contributed by atoms with E-state index < -0.39 is 0 Å². The lowest BCUT2D eigenvalue weighted by Gasteiger charge is -2.25. The molecule has 6 heteroatoms. The van der Waals surface area contributed by atoms with E-state index in [9.17, 15) is 14.4 Å². The zero-order valence-corrected chi connectivity index (χ0v) is 15.7. The van der Waals surface area contributed by atoms with Crippen molar-refractivity contribution in [2.24, 2.45) is 0 Å². The van der Waals surface area contributed by atoms with E-state index in [0.29, 0.717) is 16.8 Å². The van der Waals surface area contributed by atoms with Crippen molar-refractivity contribution in [3.05, 3.63) is 100.0 Å². The molecule has 142 valence electrons. The number of aromatic amines is 1. The van der Waals surface area contributed by atoms with E-state index in [-0.39, 0.29) is 23.4 Å². The number of nitrogens with zero attached hydrogens (tertiary/aromatic N) is 1. The molecule has 3 rings (SSSR count). The first-order valence-corrected chi connectivity index (χ1v) is 8.88. The highest BCUT2D eigenvalue weighted by atomic mass is 16.2. The molecule has 2 N–H and O–H groups in total. The summed E-state index contributed by atoms with van der Waals surface area (Å²) in [4.78, 5) is 40.3. The fraction of sp³-hybridized carbons (Fsp3) is 0.136. The zero-order valence-electron chi connectivity index (χ0n) is 15.7. The predicted molar refractivity (Wildman–Crippen MR) is 108 cm³/mol. The van der Waals surface area contributed by atoms with Crippen LogP contribution in [0.1, 0.15) is 39.2 Å². The van der Waals surface area contributed by atoms with Crippen LogP contribution in [0.25, 0.3) is 0 Å². The summed E-state index contributed by atoms with van der Waals surface area (Å²) in [5.41, 5.74) is 2.26. The normalized spacial score (nSPS) is 11.5. The Kier molecular flexibility index (Phi) is 5.69. The number of carbonyl (C=O) groups is 2. The first kappa shape index (κ1) is 19.1. The fourth-order valence-electron chi connectivity index (χ4n) is 2.82. The Labute approximate surface area is 162 Å². The maximum atomic E-state index is 12.7. The lowest BCUT2D eigenvalue weighted by molar-refractivity contribution is 0.0742. The van der Waals surface area contributed by atoms with Gasteiger partial charge in [0.2, 0.25) is 5.56 Å². The van der Waals surface area contributed by atoms with Crippen LogP contribution >= 0.6 is 0 Å². The summed E-state index contributed by atoms with van der Waals surface area (Å²) in [5, 5.41) is 2.88. The van der Waals surface area contributed by atoms with Gasteiger partial charge in [0.1, 0.15) is 0 Å². The molecule has 0 radical (unpaired) electrons. The summed E-state index contributed by atoms with van der Waals surface area (Å²) in [6.45, 7) is 1.90. The summed E-state index contributed by atoms with van der Waals surface area (Å²) < 4.78 is 0. The molecule has 0 spiro atoms. The molecule has 0 aliphatic heterocycles. The minimum absolute atomic E-state index is 0.192. The number of hydrogen-bond donors (Lipinski definition) is 2. The van der Waals surface area contributed by atoms with Gasteiger partial charge in [0.05, 0.1) is 11.6 Å². The fourth-order valence-corrected chi connectivity index (χ4v) is 2.82. The summed E-state index contributed by atoms with van der Waals surface area (Å²) in [7, 11) is 1.70. The molecule has 28 heavy (non-hydrogen) atoms. The molecule has 2 aromatic carbocycles. The third kappa shape index (κ3) is 4.35. The van der Waals surface area contributed by atoms with Gasteiger partial charge in [-0.25, -0.2) is 0 Å². The van der Waals surface area contributed by atoms with Crippen molar-refractivity contribution in [3.8, 4) is 0 Å². The first-order valence-electron chi connectivity index (χ1n) is 8.88. The Hall–Kier alpha value is -3.67. The van der Waals surface area contributed by atoms with Crippen LogP contribution in [0.4, 0.5) is 5.69 Å². The minimum atomic E-state index is -0.255. The Bertz CT molecular complexity index is 1020. The number of nitrogens with one attached hydrogen (secondary N) is 2. The maximum absolute atomic E-state index is 12.7. The van der Waals surface area contributed by atoms with E-state index >= 15 is 0 Å². The monoisotopic (exact) mass is 375 g/mol. The van der Waals surface area contributed by atoms with Gasteiger partial charge in [-0.2, -0.15) is 0 Å². The van der Waals surface area contributed by atoms with E-state index in [4.69, 9.17) is 0 Å². The Morgan fingerprint density at radius 3 is 2.39 bits per heavy atom. The molecule has 1 atom stereocenters. The predicted octanol–water partition coefficient (Wildman–Crippen LogP) is 3.46. The van der Waals surface area contributed by atoms with E-state index in [1.54, 1.807) is 30.1 Å². The lowest BCUT2D eigenvalue weighted by Crippen LogP contribution is -2.30. The molecule has 0 aliphatic rings. The molecule has 3 aromatic rings. The first-order chi connectivity index (χ1) is 13.5. The molecular formula is C22H21N3O3. The van der Waals surface area contributed by atoms with Crippen molar-refractivity contribution in [2.45, 2.75) is 13.0 Å². The van der Waals surface area contributed by atoms with Crippen LogP contribution in [0.5, 0.6) is 0 Å². The van der Waals surface area contributed by atoms with Crippen molar-refractivity contribution in [1.82, 2.24) is 9.88 Å². The largest absolute Gasteiger partial charge is 0.335 e. The summed E-state index contributed by atoms with van der Waals surface area (Å²) in [5.74, 6) is -0.398. The molecule has 0 aliphatic carbocycles. The van der Waals surface area contributed by atoms with Crippen molar-refractivity contribution < 1.29 is 9.59 Å². The molecule has 1 heterocycles. The van der Waals surface area contributed by atoms with E-state index in [1.807, 2.05) is 43.3 Å². The van der Waals surface area contributed by atoms with Crippen molar-refractivity contribution in [1.29, 1.82) is 0 Å². The number of carbonyl (C=O) groups excluding carboxylic acids is 2. The molecule has 1 unspecified atom stereocenters. The van der Waals surface area contributed by atoms with Gasteiger partial charge in [-0.3, -0.25) is 14.4 Å². The standard InChI is InChI=1S/C22H21N3O3/c1-15(25(2)22(28)18-11-12-20(26)23-14-18)17-9-6-10-19(13-17)24-21(27)16-7-4-3-5-8-16/h3-15H,1-2H3,(H,23,26)(H,24,27). The highest BCUT2D eigenvalue weighted by molar-refractivity contribution is 6.04. The van der Waals surface area contributed by atoms with Crippen LogP contribution in [-0.4, -0.2) is 28.7 Å². The number of amides is 2. The second kappa shape index (κ2) is 8.35. The third-order valence-corrected chi connectivity index (χ3v) is 4.60. The number of aromatic nitrogens is 1. The smallest absolute Gasteiger partial charge is 0.255 e. The van der Waals surface area contributed by atoms with Gasteiger partial charge in [-0.05, 0) is 42.8 Å². The second-order valence-electron chi connectivity index (χ2n) is 6.48. The highest BCUT2D eigenvalue weighted by Crippen LogP contribution is 2.23. The summed E-state index contributed by atoms with van der Waals surface area (Å²) in [6.07, 6.45) is 1.41. The van der Waals surface area contributed by atoms with E-state index in [1.165, 1.54) is 18.3 Å². The number of benzene rings is 2. The van der Waals surface area contributed by atoms with Gasteiger partial charge >= 0.3 is 0 Å². The topological polar surface area (TPSA) is 82.3 Å². The molecule has 0 saturated carbocycles. The van der Waals surface area contributed by atoms with Crippen LogP contribution in [0.3, 0.4) is 0 Å². The number of pyridine rings is 1. The van der Waals surface area contributed by atoms with Crippen molar-refractivity contribution in [2.75, 3.05) is 12.4 Å². The van der Waals surface area contributed by atoms with E-state index in [2.05, 4.69) is 10.3 Å². The minimum Gasteiger partial charge on any atom is -0.335 e. The van der Waals surface area contributed by atoms with Crippen molar-refractivity contribution in [3.63, 3.8) is 0 Å². The highest BCUT2D eigenvalue weighted by Gasteiger charge is 2.19. The van der Waals surface area contributed by atoms with E-state index in [0.717, 1.165) is 5.56 Å². The second-order valence-corrected chi connectivity index (χ2v) is 6.48. The van der Waals surface area contributed by atoms with Gasteiger partial charge < -0.3 is 15.2 Å². The molecule has 0 bridgehead atoms. The third-order valence-electron chi connectivity index (χ3n) is 4.60. The van der Waals surface area contributed by atoms with Crippen LogP contribution in [-0.2, 0) is 0 Å². The Balaban J connectivity index is 1.75. The number of anilines is 1. The quantitative estimate of drug-likeness (QED) is 0.716. The molecule has 0 fully saturated rings. The van der Waals surface area contributed by atoms with Gasteiger partial charge in [-0.1, -0.05) is 30.3 Å².